The molecule has 4 heterocycles. The van der Waals surface area contributed by atoms with Gasteiger partial charge in [0, 0.05) is 24.8 Å². The van der Waals surface area contributed by atoms with Crippen molar-refractivity contribution in [2.24, 2.45) is 0 Å². The Hall–Kier alpha value is -4.02. The molecule has 3 aromatic heterocycles. The van der Waals surface area contributed by atoms with Crippen LogP contribution in [0.15, 0.2) is 66.7 Å². The van der Waals surface area contributed by atoms with E-state index in [-0.39, 0.29) is 5.91 Å². The molecule has 1 saturated heterocycles. The Labute approximate surface area is 219 Å². The van der Waals surface area contributed by atoms with Gasteiger partial charge in [-0.3, -0.25) is 4.79 Å². The molecule has 9 nitrogen and oxygen atoms in total. The number of nitrogens with zero attached hydrogens (tertiary/aromatic N) is 4. The summed E-state index contributed by atoms with van der Waals surface area (Å²) >= 11 is 1.50. The molecule has 0 unspecified atom stereocenters. The van der Waals surface area contributed by atoms with Crippen LogP contribution in [-0.4, -0.2) is 51.9 Å². The predicted octanol–water partition coefficient (Wildman–Crippen LogP) is 5.64. The minimum Gasteiger partial charge on any atom is -0.437 e. The zero-order valence-electron chi connectivity index (χ0n) is 20.4. The quantitative estimate of drug-likeness (QED) is 0.233. The van der Waals surface area contributed by atoms with E-state index in [4.69, 9.17) is 4.74 Å². The molecule has 3 N–H and O–H groups in total. The molecule has 0 atom stereocenters. The van der Waals surface area contributed by atoms with Crippen molar-refractivity contribution in [3.05, 3.63) is 66.7 Å². The van der Waals surface area contributed by atoms with Crippen molar-refractivity contribution in [3.63, 3.8) is 0 Å². The lowest BCUT2D eigenvalue weighted by atomic mass is 10.1. The summed E-state index contributed by atoms with van der Waals surface area (Å²) < 4.78 is 6.94. The molecule has 0 aliphatic carbocycles. The number of hydrogen-bond acceptors (Lipinski definition) is 9. The Bertz CT molecular complexity index is 1370. The molecular weight excluding hydrogens is 486 g/mol. The van der Waals surface area contributed by atoms with Gasteiger partial charge in [-0.1, -0.05) is 19.1 Å². The molecule has 10 heteroatoms. The number of likely N-dealkylation sites (tertiary alicyclic amines) is 1. The molecule has 1 fully saturated rings. The minimum absolute atomic E-state index is 0.289. The highest BCUT2D eigenvalue weighted by atomic mass is 32.1. The number of rotatable bonds is 10. The summed E-state index contributed by atoms with van der Waals surface area (Å²) in [5.74, 6) is 1.93. The average Bonchev–Trinajstić information content (AvgIpc) is 3.40. The van der Waals surface area contributed by atoms with Crippen molar-refractivity contribution < 1.29 is 9.53 Å². The summed E-state index contributed by atoms with van der Waals surface area (Å²) in [4.78, 5) is 27.9. The highest BCUT2D eigenvalue weighted by Gasteiger charge is 2.13. The lowest BCUT2D eigenvalue weighted by Crippen LogP contribution is -2.33. The molecule has 0 bridgehead atoms. The van der Waals surface area contributed by atoms with Gasteiger partial charge in [0.2, 0.25) is 17.7 Å². The van der Waals surface area contributed by atoms with Gasteiger partial charge < -0.3 is 25.6 Å². The Morgan fingerprint density at radius 2 is 2.00 bits per heavy atom. The van der Waals surface area contributed by atoms with Crippen molar-refractivity contribution in [1.82, 2.24) is 19.9 Å². The first-order chi connectivity index (χ1) is 18.2. The van der Waals surface area contributed by atoms with E-state index in [0.29, 0.717) is 23.3 Å². The number of hydrogen-bond donors (Lipinski definition) is 3. The highest BCUT2D eigenvalue weighted by Crippen LogP contribution is 2.33. The van der Waals surface area contributed by atoms with Gasteiger partial charge in [-0.25, -0.2) is 9.97 Å². The Balaban J connectivity index is 1.25. The monoisotopic (exact) mass is 515 g/mol. The Kier molecular flexibility index (Phi) is 7.87. The van der Waals surface area contributed by atoms with Crippen LogP contribution in [0.5, 0.6) is 11.6 Å². The molecule has 1 amide bonds. The summed E-state index contributed by atoms with van der Waals surface area (Å²) in [6, 6.07) is 12.9. The van der Waals surface area contributed by atoms with Crippen molar-refractivity contribution in [2.75, 3.05) is 42.1 Å². The van der Waals surface area contributed by atoms with Gasteiger partial charge in [0.05, 0.1) is 17.4 Å². The SMILES string of the molecule is C=CC(=O)Nc1cccc(Oc2nc(Nc3ccc(NCCN4CCCCC4)nc3)nc3ccsc23)c1. The van der Waals surface area contributed by atoms with E-state index < -0.39 is 0 Å². The van der Waals surface area contributed by atoms with Gasteiger partial charge in [0.25, 0.3) is 0 Å². The number of carbonyl (C=O) groups is 1. The second-order valence-corrected chi connectivity index (χ2v) is 9.61. The fourth-order valence-electron chi connectivity index (χ4n) is 4.13. The first kappa shape index (κ1) is 24.7. The molecule has 1 aromatic carbocycles. The molecule has 37 heavy (non-hydrogen) atoms. The van der Waals surface area contributed by atoms with Crippen molar-refractivity contribution in [3.8, 4) is 11.6 Å². The summed E-state index contributed by atoms with van der Waals surface area (Å²) in [7, 11) is 0. The summed E-state index contributed by atoms with van der Waals surface area (Å²) in [5, 5.41) is 11.3. The first-order valence-electron chi connectivity index (χ1n) is 12.3. The molecule has 5 rings (SSSR count). The van der Waals surface area contributed by atoms with Crippen molar-refractivity contribution in [1.29, 1.82) is 0 Å². The number of benzene rings is 1. The maximum absolute atomic E-state index is 11.6. The smallest absolute Gasteiger partial charge is 0.247 e. The first-order valence-corrected chi connectivity index (χ1v) is 13.2. The molecule has 190 valence electrons. The number of carbonyl (C=O) groups excluding carboxylic acids is 1. The number of piperidine rings is 1. The Morgan fingerprint density at radius 1 is 1.11 bits per heavy atom. The number of thiophene rings is 1. The van der Waals surface area contributed by atoms with Gasteiger partial charge in [-0.15, -0.1) is 11.3 Å². The summed E-state index contributed by atoms with van der Waals surface area (Å²) in [5.41, 5.74) is 2.15. The second-order valence-electron chi connectivity index (χ2n) is 8.70. The summed E-state index contributed by atoms with van der Waals surface area (Å²) in [6.07, 6.45) is 6.92. The van der Waals surface area contributed by atoms with Crippen LogP contribution >= 0.6 is 11.3 Å². The fraction of sp³-hybridized carbons (Fsp3) is 0.259. The van der Waals surface area contributed by atoms with Gasteiger partial charge in [-0.05, 0) is 67.7 Å². The van der Waals surface area contributed by atoms with Crippen LogP contribution in [0, 0.1) is 0 Å². The zero-order valence-corrected chi connectivity index (χ0v) is 21.3. The second kappa shape index (κ2) is 11.8. The molecule has 0 spiro atoms. The molecular formula is C27H29N7O2S. The van der Waals surface area contributed by atoms with Gasteiger partial charge >= 0.3 is 0 Å². The number of amides is 1. The van der Waals surface area contributed by atoms with E-state index >= 15 is 0 Å². The third-order valence-corrected chi connectivity index (χ3v) is 6.87. The van der Waals surface area contributed by atoms with Crippen molar-refractivity contribution in [2.45, 2.75) is 19.3 Å². The number of fused-ring (bicyclic) bond motifs is 1. The number of pyridine rings is 1. The van der Waals surface area contributed by atoms with Crippen LogP contribution in [0.25, 0.3) is 10.2 Å². The van der Waals surface area contributed by atoms with E-state index in [1.54, 1.807) is 30.5 Å². The van der Waals surface area contributed by atoms with E-state index in [1.165, 1.54) is 49.8 Å². The predicted molar refractivity (Wildman–Crippen MR) is 149 cm³/mol. The van der Waals surface area contributed by atoms with Crippen LogP contribution in [-0.2, 0) is 4.79 Å². The lowest BCUT2D eigenvalue weighted by Gasteiger charge is -2.26. The lowest BCUT2D eigenvalue weighted by molar-refractivity contribution is -0.111. The van der Waals surface area contributed by atoms with E-state index in [1.807, 2.05) is 23.6 Å². The average molecular weight is 516 g/mol. The fourth-order valence-corrected chi connectivity index (χ4v) is 4.89. The molecule has 1 aliphatic heterocycles. The molecule has 0 saturated carbocycles. The van der Waals surface area contributed by atoms with E-state index in [0.717, 1.165) is 34.8 Å². The minimum atomic E-state index is -0.289. The maximum Gasteiger partial charge on any atom is 0.247 e. The topological polar surface area (TPSA) is 104 Å². The number of aromatic nitrogens is 3. The van der Waals surface area contributed by atoms with Crippen LogP contribution in [0.3, 0.4) is 0 Å². The largest absolute Gasteiger partial charge is 0.437 e. The van der Waals surface area contributed by atoms with Crippen LogP contribution in [0.1, 0.15) is 19.3 Å². The number of ether oxygens (including phenoxy) is 1. The summed E-state index contributed by atoms with van der Waals surface area (Å²) in [6.45, 7) is 7.76. The standard InChI is InChI=1S/C27H29N7O2S/c1-2-24(35)30-19-7-6-8-21(17-19)36-26-25-22(11-16-37-25)32-27(33-26)31-20-9-10-23(29-18-20)28-12-15-34-13-4-3-5-14-34/h2,6-11,16-18H,1,3-5,12-15H2,(H,28,29)(H,30,35)(H,31,32,33). The zero-order chi connectivity index (χ0) is 25.5. The normalized spacial score (nSPS) is 13.7. The van der Waals surface area contributed by atoms with Crippen LogP contribution in [0.4, 0.5) is 23.1 Å². The number of anilines is 4. The molecule has 0 radical (unpaired) electrons. The molecule has 4 aromatic rings. The highest BCUT2D eigenvalue weighted by molar-refractivity contribution is 7.17. The van der Waals surface area contributed by atoms with Gasteiger partial charge in [0.1, 0.15) is 16.3 Å². The third-order valence-electron chi connectivity index (χ3n) is 5.98. The van der Waals surface area contributed by atoms with Gasteiger partial charge in [0.15, 0.2) is 0 Å². The Morgan fingerprint density at radius 3 is 2.81 bits per heavy atom. The third kappa shape index (κ3) is 6.60. The van der Waals surface area contributed by atoms with Gasteiger partial charge in [-0.2, -0.15) is 4.98 Å². The van der Waals surface area contributed by atoms with E-state index in [2.05, 4.69) is 42.4 Å². The van der Waals surface area contributed by atoms with Crippen LogP contribution in [0.2, 0.25) is 0 Å². The van der Waals surface area contributed by atoms with E-state index in [9.17, 15) is 4.79 Å². The number of nitrogens with one attached hydrogen (secondary N) is 3. The molecule has 1 aliphatic rings. The van der Waals surface area contributed by atoms with Crippen molar-refractivity contribution >= 4 is 50.6 Å². The van der Waals surface area contributed by atoms with Crippen LogP contribution < -0.4 is 20.7 Å². The maximum atomic E-state index is 11.6.